The lowest BCUT2D eigenvalue weighted by Gasteiger charge is -2.33. The summed E-state index contributed by atoms with van der Waals surface area (Å²) in [5.41, 5.74) is 10.3. The summed E-state index contributed by atoms with van der Waals surface area (Å²) in [4.78, 5) is 11.8. The average Bonchev–Trinajstić information content (AvgIpc) is 3.57. The van der Waals surface area contributed by atoms with Crippen LogP contribution >= 0.6 is 63.7 Å². The molecule has 0 unspecified atom stereocenters. The van der Waals surface area contributed by atoms with Crippen LogP contribution in [-0.2, 0) is 34.5 Å². The maximum absolute atomic E-state index is 11.8. The van der Waals surface area contributed by atoms with Gasteiger partial charge in [0.2, 0.25) is 0 Å². The van der Waals surface area contributed by atoms with Crippen molar-refractivity contribution >= 4 is 69.8 Å². The van der Waals surface area contributed by atoms with Gasteiger partial charge in [0.1, 0.15) is 5.60 Å². The molecule has 0 heterocycles. The topological polar surface area (TPSA) is 75.3 Å². The van der Waals surface area contributed by atoms with Gasteiger partial charge in [0, 0.05) is 62.7 Å². The number of rotatable bonds is 19. The van der Waals surface area contributed by atoms with Crippen LogP contribution < -0.4 is 5.32 Å². The van der Waals surface area contributed by atoms with Crippen LogP contribution in [0.1, 0.15) is 94.9 Å². The molecule has 0 aromatic heterocycles. The highest BCUT2D eigenvalue weighted by atomic mass is 79.9. The number of fused-ring (bicyclic) bond motifs is 6. The second kappa shape index (κ2) is 22.3. The van der Waals surface area contributed by atoms with Gasteiger partial charge in [0.15, 0.2) is 0 Å². The first-order valence-corrected chi connectivity index (χ1v) is 23.7. The Bertz CT molecular complexity index is 1890. The number of unbranched alkanes of at least 4 members (excludes halogenated alkanes) is 1. The SMILES string of the molecule is CC(C)(C)OC(=O)NCCCCC1(C)c2cc(Br)ccc2-c2ccc(Br)cc21.COCCOCCCC1(CCCOCCOC)c2cc(Br)ccc2-c2ccc(Br)cc21. The first-order chi connectivity index (χ1) is 28.2. The molecule has 2 aliphatic rings. The van der Waals surface area contributed by atoms with Crippen LogP contribution in [0.25, 0.3) is 22.3 Å². The molecule has 11 heteroatoms. The van der Waals surface area contributed by atoms with E-state index in [2.05, 4.69) is 149 Å². The number of benzene rings is 4. The molecule has 59 heavy (non-hydrogen) atoms. The average molecular weight is 1070 g/mol. The second-order valence-corrected chi connectivity index (χ2v) is 20.1. The van der Waals surface area contributed by atoms with Crippen LogP contribution in [0.5, 0.6) is 0 Å². The molecule has 1 amide bonds. The predicted molar refractivity (Wildman–Crippen MR) is 254 cm³/mol. The van der Waals surface area contributed by atoms with Crippen molar-refractivity contribution in [2.45, 2.75) is 89.1 Å². The molecule has 0 aliphatic heterocycles. The summed E-state index contributed by atoms with van der Waals surface area (Å²) in [5.74, 6) is 0. The molecule has 4 aromatic carbocycles. The fraction of sp³-hybridized carbons (Fsp3) is 0.479. The number of nitrogens with one attached hydrogen (secondary N) is 1. The number of carbonyl (C=O) groups excluding carboxylic acids is 1. The van der Waals surface area contributed by atoms with E-state index in [1.165, 1.54) is 44.5 Å². The highest BCUT2D eigenvalue weighted by Gasteiger charge is 2.43. The van der Waals surface area contributed by atoms with Gasteiger partial charge in [-0.3, -0.25) is 0 Å². The van der Waals surface area contributed by atoms with Gasteiger partial charge in [-0.05, 0) is 152 Å². The quantitative estimate of drug-likeness (QED) is 0.0943. The highest BCUT2D eigenvalue weighted by Crippen LogP contribution is 2.55. The maximum Gasteiger partial charge on any atom is 0.407 e. The molecule has 1 N–H and O–H groups in total. The zero-order chi connectivity index (χ0) is 42.6. The number of methoxy groups -OCH3 is 2. The minimum atomic E-state index is -0.463. The smallest absolute Gasteiger partial charge is 0.407 e. The van der Waals surface area contributed by atoms with E-state index in [4.69, 9.17) is 23.7 Å². The summed E-state index contributed by atoms with van der Waals surface area (Å²) in [6.45, 7) is 12.6. The van der Waals surface area contributed by atoms with E-state index < -0.39 is 5.60 Å². The van der Waals surface area contributed by atoms with E-state index in [0.29, 0.717) is 33.0 Å². The second-order valence-electron chi connectivity index (χ2n) is 16.5. The molecule has 0 fully saturated rings. The lowest BCUT2D eigenvalue weighted by atomic mass is 9.71. The van der Waals surface area contributed by atoms with Crippen LogP contribution in [-0.4, -0.2) is 72.1 Å². The molecule has 0 saturated carbocycles. The Balaban J connectivity index is 0.000000225. The van der Waals surface area contributed by atoms with Gasteiger partial charge >= 0.3 is 6.09 Å². The van der Waals surface area contributed by atoms with Gasteiger partial charge in [0.05, 0.1) is 26.4 Å². The zero-order valence-corrected chi connectivity index (χ0v) is 41.6. The molecule has 6 rings (SSSR count). The summed E-state index contributed by atoms with van der Waals surface area (Å²) in [7, 11) is 3.41. The normalized spacial score (nSPS) is 14.1. The first kappa shape index (κ1) is 48.0. The monoisotopic (exact) mass is 1060 g/mol. The van der Waals surface area contributed by atoms with Crippen LogP contribution in [0.3, 0.4) is 0 Å². The lowest BCUT2D eigenvalue weighted by Crippen LogP contribution is -2.33. The van der Waals surface area contributed by atoms with Crippen LogP contribution in [0.4, 0.5) is 4.79 Å². The third-order valence-corrected chi connectivity index (χ3v) is 13.1. The number of hydrogen-bond acceptors (Lipinski definition) is 6. The van der Waals surface area contributed by atoms with E-state index in [0.717, 1.165) is 76.1 Å². The summed E-state index contributed by atoms with van der Waals surface area (Å²) >= 11 is 14.7. The van der Waals surface area contributed by atoms with Crippen LogP contribution in [0.2, 0.25) is 0 Å². The Morgan fingerprint density at radius 1 is 0.559 bits per heavy atom. The van der Waals surface area contributed by atoms with Gasteiger partial charge < -0.3 is 29.0 Å². The molecule has 0 bridgehead atoms. The summed E-state index contributed by atoms with van der Waals surface area (Å²) in [5, 5.41) is 2.86. The van der Waals surface area contributed by atoms with Crippen molar-refractivity contribution in [1.29, 1.82) is 0 Å². The molecule has 0 spiro atoms. The lowest BCUT2D eigenvalue weighted by molar-refractivity contribution is 0.0527. The third-order valence-electron chi connectivity index (χ3n) is 11.1. The largest absolute Gasteiger partial charge is 0.444 e. The Morgan fingerprint density at radius 3 is 1.37 bits per heavy atom. The van der Waals surface area contributed by atoms with Crippen molar-refractivity contribution in [3.05, 3.63) is 113 Å². The molecular weight excluding hydrogens is 1010 g/mol. The Kier molecular flexibility index (Phi) is 18.1. The van der Waals surface area contributed by atoms with E-state index >= 15 is 0 Å². The standard InChI is InChI=1S/C25H32Br2O4.C23H27Br2NO2/c1-28-13-15-30-11-3-9-25(10-4-12-31-16-14-29-2)23-17-19(26)5-7-21(23)22-8-6-20(27)18-24(22)25;1-22(2,3)28-21(27)26-12-6-5-11-23(4)19-13-15(24)7-9-17(19)18-10-8-16(25)14-20(18)23/h5-8,17-18H,3-4,9-16H2,1-2H3;7-10,13-14H,5-6,11-12H2,1-4H3,(H,26,27). The number of ether oxygens (including phenoxy) is 5. The Hall–Kier alpha value is -2.09. The van der Waals surface area contributed by atoms with Crippen molar-refractivity contribution in [2.24, 2.45) is 0 Å². The van der Waals surface area contributed by atoms with Gasteiger partial charge in [-0.25, -0.2) is 4.79 Å². The summed E-state index contributed by atoms with van der Waals surface area (Å²) < 4.78 is 31.5. The highest BCUT2D eigenvalue weighted by molar-refractivity contribution is 9.11. The molecular formula is C48H59Br4NO6. The molecule has 320 valence electrons. The number of halogens is 4. The minimum absolute atomic E-state index is 0.0376. The summed E-state index contributed by atoms with van der Waals surface area (Å²) in [6.07, 6.45) is 6.67. The first-order valence-electron chi connectivity index (χ1n) is 20.5. The minimum Gasteiger partial charge on any atom is -0.444 e. The van der Waals surface area contributed by atoms with Crippen LogP contribution in [0, 0.1) is 0 Å². The molecule has 2 aliphatic carbocycles. The van der Waals surface area contributed by atoms with Crippen molar-refractivity contribution in [1.82, 2.24) is 5.32 Å². The maximum atomic E-state index is 11.8. The van der Waals surface area contributed by atoms with Crippen molar-refractivity contribution in [2.75, 3.05) is 60.4 Å². The Morgan fingerprint density at radius 2 is 0.966 bits per heavy atom. The van der Waals surface area contributed by atoms with Gasteiger partial charge in [-0.15, -0.1) is 0 Å². The molecule has 0 radical (unpaired) electrons. The molecule has 4 aromatic rings. The fourth-order valence-corrected chi connectivity index (χ4v) is 9.93. The predicted octanol–water partition coefficient (Wildman–Crippen LogP) is 13.6. The molecule has 0 atom stereocenters. The van der Waals surface area contributed by atoms with Crippen molar-refractivity contribution in [3.8, 4) is 22.3 Å². The molecule has 0 saturated heterocycles. The van der Waals surface area contributed by atoms with Gasteiger partial charge in [-0.2, -0.15) is 0 Å². The number of alkyl carbamates (subject to hydrolysis) is 1. The third kappa shape index (κ3) is 12.5. The zero-order valence-electron chi connectivity index (χ0n) is 35.3. The van der Waals surface area contributed by atoms with Crippen molar-refractivity contribution in [3.63, 3.8) is 0 Å². The van der Waals surface area contributed by atoms with Crippen LogP contribution in [0.15, 0.2) is 90.7 Å². The van der Waals surface area contributed by atoms with E-state index in [9.17, 15) is 4.79 Å². The van der Waals surface area contributed by atoms with E-state index in [-0.39, 0.29) is 16.9 Å². The van der Waals surface area contributed by atoms with Crippen molar-refractivity contribution < 1.29 is 28.5 Å². The van der Waals surface area contributed by atoms with Gasteiger partial charge in [0.25, 0.3) is 0 Å². The Labute approximate surface area is 385 Å². The van der Waals surface area contributed by atoms with Gasteiger partial charge in [-0.1, -0.05) is 101 Å². The fourth-order valence-electron chi connectivity index (χ4n) is 8.48. The molecule has 7 nitrogen and oxygen atoms in total. The number of hydrogen-bond donors (Lipinski definition) is 1. The number of amides is 1. The summed E-state index contributed by atoms with van der Waals surface area (Å²) in [6, 6.07) is 26.5. The van der Waals surface area contributed by atoms with E-state index in [1.54, 1.807) is 14.2 Å². The van der Waals surface area contributed by atoms with E-state index in [1.807, 2.05) is 20.8 Å². The number of carbonyl (C=O) groups is 1.